The Balaban J connectivity index is 1.61. The van der Waals surface area contributed by atoms with Crippen LogP contribution in [0.5, 0.6) is 0 Å². The summed E-state index contributed by atoms with van der Waals surface area (Å²) in [6, 6.07) is 19.4. The highest BCUT2D eigenvalue weighted by molar-refractivity contribution is 7.93. The van der Waals surface area contributed by atoms with Gasteiger partial charge in [-0.25, -0.2) is 16.8 Å². The molecule has 0 aliphatic heterocycles. The van der Waals surface area contributed by atoms with Crippen LogP contribution < -0.4 is 14.3 Å². The van der Waals surface area contributed by atoms with Crippen molar-refractivity contribution in [3.05, 3.63) is 113 Å². The van der Waals surface area contributed by atoms with Crippen LogP contribution in [-0.2, 0) is 31.0 Å². The van der Waals surface area contributed by atoms with Gasteiger partial charge >= 0.3 is 6.18 Å². The number of rotatable bonds is 9. The van der Waals surface area contributed by atoms with Gasteiger partial charge in [0.25, 0.3) is 20.0 Å². The van der Waals surface area contributed by atoms with Crippen LogP contribution in [0, 0.1) is 13.8 Å². The lowest BCUT2D eigenvalue weighted by Gasteiger charge is -2.26. The van der Waals surface area contributed by atoms with Gasteiger partial charge in [-0.3, -0.25) is 13.8 Å². The number of benzene rings is 4. The summed E-state index contributed by atoms with van der Waals surface area (Å²) in [5, 5.41) is 2.12. The molecule has 0 aliphatic rings. The van der Waals surface area contributed by atoms with E-state index >= 15 is 0 Å². The Morgan fingerprint density at radius 1 is 0.814 bits per heavy atom. The molecule has 0 atom stereocenters. The van der Waals surface area contributed by atoms with Crippen molar-refractivity contribution in [2.45, 2.75) is 29.8 Å². The number of hydrogen-bond acceptors (Lipinski definition) is 5. The fourth-order valence-electron chi connectivity index (χ4n) is 4.12. The van der Waals surface area contributed by atoms with E-state index in [1.165, 1.54) is 48.5 Å². The SMILES string of the molecule is Cc1cccc(C)c1NS(=O)(=O)c1ccc(NC(=O)CN(c2cc(C(F)(F)F)ccc2Cl)S(=O)(=O)c2ccccc2)cc1. The zero-order valence-corrected chi connectivity index (χ0v) is 25.1. The van der Waals surface area contributed by atoms with Gasteiger partial charge in [0, 0.05) is 5.69 Å². The maximum absolute atomic E-state index is 13.5. The average Bonchev–Trinajstić information content (AvgIpc) is 2.94. The quantitative estimate of drug-likeness (QED) is 0.212. The first-order valence-corrected chi connectivity index (χ1v) is 15.8. The Hall–Kier alpha value is -4.07. The van der Waals surface area contributed by atoms with Crippen molar-refractivity contribution in [3.63, 3.8) is 0 Å². The molecule has 0 spiro atoms. The van der Waals surface area contributed by atoms with Crippen LogP contribution in [-0.4, -0.2) is 29.3 Å². The van der Waals surface area contributed by atoms with Crippen molar-refractivity contribution >= 4 is 54.6 Å². The molecular formula is C29H25ClF3N3O5S2. The molecule has 8 nitrogen and oxygen atoms in total. The van der Waals surface area contributed by atoms with E-state index in [9.17, 15) is 34.8 Å². The standard InChI is InChI=1S/C29H25ClF3N3O5S2/c1-19-7-6-8-20(2)28(19)35-42(38,39)23-14-12-22(13-15-23)34-27(37)18-36(43(40,41)24-9-4-3-5-10-24)26-17-21(29(31,32)33)11-16-25(26)30/h3-17,35H,18H2,1-2H3,(H,34,37). The average molecular weight is 652 g/mol. The topological polar surface area (TPSA) is 113 Å². The van der Waals surface area contributed by atoms with Crippen LogP contribution in [0.25, 0.3) is 0 Å². The van der Waals surface area contributed by atoms with Crippen LogP contribution in [0.1, 0.15) is 16.7 Å². The molecule has 1 amide bonds. The van der Waals surface area contributed by atoms with Crippen molar-refractivity contribution < 1.29 is 34.8 Å². The predicted octanol–water partition coefficient (Wildman–Crippen LogP) is 6.61. The highest BCUT2D eigenvalue weighted by Crippen LogP contribution is 2.37. The van der Waals surface area contributed by atoms with Crippen molar-refractivity contribution in [2.75, 3.05) is 20.9 Å². The minimum Gasteiger partial charge on any atom is -0.325 e. The summed E-state index contributed by atoms with van der Waals surface area (Å²) in [5.74, 6) is -0.919. The summed E-state index contributed by atoms with van der Waals surface area (Å²) in [6.07, 6.45) is -4.81. The van der Waals surface area contributed by atoms with Crippen molar-refractivity contribution in [1.29, 1.82) is 0 Å². The molecule has 226 valence electrons. The lowest BCUT2D eigenvalue weighted by Crippen LogP contribution is -2.38. The van der Waals surface area contributed by atoms with E-state index in [0.29, 0.717) is 22.1 Å². The van der Waals surface area contributed by atoms with E-state index in [2.05, 4.69) is 10.0 Å². The van der Waals surface area contributed by atoms with E-state index in [0.717, 1.165) is 17.2 Å². The highest BCUT2D eigenvalue weighted by atomic mass is 35.5. The second kappa shape index (κ2) is 12.3. The van der Waals surface area contributed by atoms with Gasteiger partial charge in [-0.1, -0.05) is 48.0 Å². The maximum atomic E-state index is 13.5. The minimum absolute atomic E-state index is 0.0998. The van der Waals surface area contributed by atoms with Crippen LogP contribution in [0.4, 0.5) is 30.2 Å². The number of anilines is 3. The van der Waals surface area contributed by atoms with Crippen molar-refractivity contribution in [1.82, 2.24) is 0 Å². The fraction of sp³-hybridized carbons (Fsp3) is 0.138. The number of amides is 1. The smallest absolute Gasteiger partial charge is 0.325 e. The Bertz CT molecular complexity index is 1850. The van der Waals surface area contributed by atoms with Gasteiger partial charge in [-0.05, 0) is 79.6 Å². The Kier molecular flexibility index (Phi) is 9.09. The van der Waals surface area contributed by atoms with Gasteiger partial charge in [0.2, 0.25) is 5.91 Å². The second-order valence-corrected chi connectivity index (χ2v) is 13.4. The molecule has 0 aromatic heterocycles. The van der Waals surface area contributed by atoms with Crippen molar-refractivity contribution in [2.24, 2.45) is 0 Å². The van der Waals surface area contributed by atoms with E-state index < -0.39 is 49.9 Å². The number of hydrogen-bond donors (Lipinski definition) is 2. The number of halogens is 4. The zero-order chi connectivity index (χ0) is 31.6. The lowest BCUT2D eigenvalue weighted by molar-refractivity contribution is -0.137. The van der Waals surface area contributed by atoms with Gasteiger partial charge in [-0.2, -0.15) is 13.2 Å². The number of nitrogens with one attached hydrogen (secondary N) is 2. The molecule has 0 bridgehead atoms. The summed E-state index contributed by atoms with van der Waals surface area (Å²) < 4.78 is 96.4. The minimum atomic E-state index is -4.81. The van der Waals surface area contributed by atoms with Gasteiger partial charge in [0.05, 0.1) is 31.8 Å². The first-order chi connectivity index (χ1) is 20.1. The van der Waals surface area contributed by atoms with Crippen LogP contribution in [0.3, 0.4) is 0 Å². The molecule has 0 saturated heterocycles. The third kappa shape index (κ3) is 7.29. The molecule has 0 fully saturated rings. The second-order valence-electron chi connectivity index (χ2n) is 9.43. The monoisotopic (exact) mass is 651 g/mol. The van der Waals surface area contributed by atoms with Crippen molar-refractivity contribution in [3.8, 4) is 0 Å². The Labute approximate surface area is 252 Å². The van der Waals surface area contributed by atoms with E-state index in [4.69, 9.17) is 11.6 Å². The zero-order valence-electron chi connectivity index (χ0n) is 22.7. The first kappa shape index (κ1) is 31.9. The number of carbonyl (C=O) groups is 1. The number of carbonyl (C=O) groups excluding carboxylic acids is 1. The highest BCUT2D eigenvalue weighted by Gasteiger charge is 2.34. The molecule has 4 rings (SSSR count). The normalized spacial score (nSPS) is 12.0. The summed E-state index contributed by atoms with van der Waals surface area (Å²) in [5.41, 5.74) is 0.295. The molecule has 0 aliphatic carbocycles. The largest absolute Gasteiger partial charge is 0.416 e. The van der Waals surface area contributed by atoms with Crippen LogP contribution >= 0.6 is 11.6 Å². The summed E-state index contributed by atoms with van der Waals surface area (Å²) in [4.78, 5) is 12.7. The van der Waals surface area contributed by atoms with Gasteiger partial charge < -0.3 is 5.32 Å². The van der Waals surface area contributed by atoms with Crippen LogP contribution in [0.2, 0.25) is 5.02 Å². The molecule has 4 aromatic rings. The number of nitrogens with zero attached hydrogens (tertiary/aromatic N) is 1. The lowest BCUT2D eigenvalue weighted by atomic mass is 10.1. The molecule has 0 saturated carbocycles. The number of aryl methyl sites for hydroxylation is 2. The molecular weight excluding hydrogens is 627 g/mol. The molecule has 4 aromatic carbocycles. The predicted molar refractivity (Wildman–Crippen MR) is 159 cm³/mol. The Morgan fingerprint density at radius 3 is 2.00 bits per heavy atom. The van der Waals surface area contributed by atoms with Gasteiger partial charge in [-0.15, -0.1) is 0 Å². The molecule has 43 heavy (non-hydrogen) atoms. The van der Waals surface area contributed by atoms with Gasteiger partial charge in [0.15, 0.2) is 0 Å². The molecule has 14 heteroatoms. The third-order valence-corrected chi connectivity index (χ3v) is 9.79. The summed E-state index contributed by atoms with van der Waals surface area (Å²) in [6.45, 7) is 2.58. The number of sulfonamides is 2. The summed E-state index contributed by atoms with van der Waals surface area (Å²) in [7, 11) is -8.54. The van der Waals surface area contributed by atoms with Gasteiger partial charge in [0.1, 0.15) is 6.54 Å². The molecule has 2 N–H and O–H groups in total. The van der Waals surface area contributed by atoms with E-state index in [1.807, 2.05) is 0 Å². The van der Waals surface area contributed by atoms with E-state index in [-0.39, 0.29) is 20.5 Å². The third-order valence-electron chi connectivity index (χ3n) is 6.33. The fourth-order valence-corrected chi connectivity index (χ4v) is 7.04. The number of para-hydroxylation sites is 1. The summed E-state index contributed by atoms with van der Waals surface area (Å²) >= 11 is 6.15. The van der Waals surface area contributed by atoms with E-state index in [1.54, 1.807) is 38.1 Å². The molecule has 0 heterocycles. The van der Waals surface area contributed by atoms with Crippen LogP contribution in [0.15, 0.2) is 101 Å². The maximum Gasteiger partial charge on any atom is 0.416 e. The Morgan fingerprint density at radius 2 is 1.42 bits per heavy atom. The number of alkyl halides is 3. The molecule has 0 radical (unpaired) electrons. The molecule has 0 unspecified atom stereocenters. The first-order valence-electron chi connectivity index (χ1n) is 12.5.